The van der Waals surface area contributed by atoms with Gasteiger partial charge in [-0.1, -0.05) is 59.6 Å². The van der Waals surface area contributed by atoms with Crippen LogP contribution in [0.2, 0.25) is 10.0 Å². The summed E-state index contributed by atoms with van der Waals surface area (Å²) in [5.41, 5.74) is 1.64. The van der Waals surface area contributed by atoms with Gasteiger partial charge >= 0.3 is 5.97 Å². The van der Waals surface area contributed by atoms with Gasteiger partial charge in [0.25, 0.3) is 5.91 Å². The van der Waals surface area contributed by atoms with Crippen LogP contribution >= 0.6 is 23.2 Å². The third-order valence-corrected chi connectivity index (χ3v) is 4.52. The first-order chi connectivity index (χ1) is 14.0. The van der Waals surface area contributed by atoms with Crippen molar-refractivity contribution in [3.63, 3.8) is 0 Å². The summed E-state index contributed by atoms with van der Waals surface area (Å²) in [6.45, 7) is -0.0141. The summed E-state index contributed by atoms with van der Waals surface area (Å²) in [5, 5.41) is 2.96. The number of esters is 1. The maximum Gasteiger partial charge on any atom is 0.341 e. The second-order valence-corrected chi connectivity index (χ2v) is 6.83. The number of halogens is 2. The van der Waals surface area contributed by atoms with Gasteiger partial charge < -0.3 is 14.8 Å². The van der Waals surface area contributed by atoms with Gasteiger partial charge in [0.2, 0.25) is 0 Å². The van der Waals surface area contributed by atoms with E-state index in [4.69, 9.17) is 32.7 Å². The predicted octanol–water partition coefficient (Wildman–Crippen LogP) is 5.37. The fourth-order valence-electron chi connectivity index (χ4n) is 2.47. The monoisotopic (exact) mass is 429 g/mol. The molecule has 0 atom stereocenters. The minimum atomic E-state index is -0.764. The van der Waals surface area contributed by atoms with Crippen molar-refractivity contribution in [3.05, 3.63) is 94.0 Å². The van der Waals surface area contributed by atoms with Gasteiger partial charge in [-0.3, -0.25) is 4.79 Å². The molecular formula is C22H17Cl2NO4. The molecule has 0 aromatic heterocycles. The van der Waals surface area contributed by atoms with Gasteiger partial charge in [0, 0.05) is 5.69 Å². The summed E-state index contributed by atoms with van der Waals surface area (Å²) in [4.78, 5) is 24.1. The number of benzene rings is 3. The SMILES string of the molecule is O=C(COC(=O)c1c(Cl)cccc1Cl)Nc1ccc(OCc2ccccc2)cc1. The molecule has 0 bridgehead atoms. The Morgan fingerprint density at radius 2 is 1.48 bits per heavy atom. The van der Waals surface area contributed by atoms with Gasteiger partial charge in [-0.2, -0.15) is 0 Å². The maximum atomic E-state index is 12.1. The zero-order valence-electron chi connectivity index (χ0n) is 15.2. The molecule has 0 aliphatic heterocycles. The van der Waals surface area contributed by atoms with Crippen molar-refractivity contribution in [3.8, 4) is 5.75 Å². The van der Waals surface area contributed by atoms with E-state index < -0.39 is 18.5 Å². The van der Waals surface area contributed by atoms with Crippen LogP contribution in [0.25, 0.3) is 0 Å². The molecule has 148 valence electrons. The molecule has 0 heterocycles. The molecule has 0 saturated heterocycles. The van der Waals surface area contributed by atoms with Crippen molar-refractivity contribution in [2.75, 3.05) is 11.9 Å². The highest BCUT2D eigenvalue weighted by molar-refractivity contribution is 6.39. The Kier molecular flexibility index (Phi) is 7.11. The molecule has 0 aliphatic rings. The maximum absolute atomic E-state index is 12.1. The number of amides is 1. The van der Waals surface area contributed by atoms with E-state index in [9.17, 15) is 9.59 Å². The van der Waals surface area contributed by atoms with E-state index in [1.165, 1.54) is 12.1 Å². The normalized spacial score (nSPS) is 10.3. The van der Waals surface area contributed by atoms with Crippen LogP contribution in [-0.2, 0) is 16.1 Å². The molecule has 0 saturated carbocycles. The third-order valence-electron chi connectivity index (χ3n) is 3.89. The lowest BCUT2D eigenvalue weighted by atomic mass is 10.2. The highest BCUT2D eigenvalue weighted by atomic mass is 35.5. The Bertz CT molecular complexity index is 971. The van der Waals surface area contributed by atoms with Crippen LogP contribution in [-0.4, -0.2) is 18.5 Å². The molecule has 1 N–H and O–H groups in total. The second kappa shape index (κ2) is 9.96. The van der Waals surface area contributed by atoms with Crippen LogP contribution in [0, 0.1) is 0 Å². The molecule has 29 heavy (non-hydrogen) atoms. The molecule has 0 spiro atoms. The average Bonchev–Trinajstić information content (AvgIpc) is 2.72. The highest BCUT2D eigenvalue weighted by Gasteiger charge is 2.17. The molecule has 3 aromatic carbocycles. The lowest BCUT2D eigenvalue weighted by Crippen LogP contribution is -2.21. The largest absolute Gasteiger partial charge is 0.489 e. The van der Waals surface area contributed by atoms with E-state index in [1.807, 2.05) is 30.3 Å². The fourth-order valence-corrected chi connectivity index (χ4v) is 3.02. The highest BCUT2D eigenvalue weighted by Crippen LogP contribution is 2.25. The number of rotatable bonds is 7. The number of carbonyl (C=O) groups excluding carboxylic acids is 2. The van der Waals surface area contributed by atoms with Crippen molar-refractivity contribution in [1.82, 2.24) is 0 Å². The van der Waals surface area contributed by atoms with E-state index in [-0.39, 0.29) is 15.6 Å². The Hall–Kier alpha value is -3.02. The number of hydrogen-bond donors (Lipinski definition) is 1. The Labute approximate surface area is 178 Å². The summed E-state index contributed by atoms with van der Waals surface area (Å²) >= 11 is 11.9. The van der Waals surface area contributed by atoms with E-state index in [0.717, 1.165) is 5.56 Å². The van der Waals surface area contributed by atoms with E-state index in [0.29, 0.717) is 18.0 Å². The summed E-state index contributed by atoms with van der Waals surface area (Å²) < 4.78 is 10.7. The number of carbonyl (C=O) groups is 2. The molecule has 5 nitrogen and oxygen atoms in total. The number of nitrogens with one attached hydrogen (secondary N) is 1. The smallest absolute Gasteiger partial charge is 0.341 e. The van der Waals surface area contributed by atoms with E-state index >= 15 is 0 Å². The van der Waals surface area contributed by atoms with Crippen LogP contribution in [0.1, 0.15) is 15.9 Å². The first-order valence-electron chi connectivity index (χ1n) is 8.70. The predicted molar refractivity (Wildman–Crippen MR) is 113 cm³/mol. The van der Waals surface area contributed by atoms with Gasteiger partial charge in [-0.05, 0) is 42.0 Å². The molecule has 0 aliphatic carbocycles. The zero-order chi connectivity index (χ0) is 20.6. The molecule has 0 unspecified atom stereocenters. The average molecular weight is 430 g/mol. The Morgan fingerprint density at radius 3 is 2.14 bits per heavy atom. The van der Waals surface area contributed by atoms with Crippen molar-refractivity contribution in [2.45, 2.75) is 6.61 Å². The quantitative estimate of drug-likeness (QED) is 0.512. The number of hydrogen-bond acceptors (Lipinski definition) is 4. The lowest BCUT2D eigenvalue weighted by Gasteiger charge is -2.10. The molecule has 1 amide bonds. The second-order valence-electron chi connectivity index (χ2n) is 6.02. The standard InChI is InChI=1S/C22H17Cl2NO4/c23-18-7-4-8-19(24)21(18)22(27)29-14-20(26)25-16-9-11-17(12-10-16)28-13-15-5-2-1-3-6-15/h1-12H,13-14H2,(H,25,26). The van der Waals surface area contributed by atoms with E-state index in [1.54, 1.807) is 30.3 Å². The van der Waals surface area contributed by atoms with Crippen LogP contribution < -0.4 is 10.1 Å². The van der Waals surface area contributed by atoms with Gasteiger partial charge in [-0.15, -0.1) is 0 Å². The van der Waals surface area contributed by atoms with Gasteiger partial charge in [0.05, 0.1) is 15.6 Å². The number of anilines is 1. The molecule has 0 fully saturated rings. The fraction of sp³-hybridized carbons (Fsp3) is 0.0909. The lowest BCUT2D eigenvalue weighted by molar-refractivity contribution is -0.119. The number of ether oxygens (including phenoxy) is 2. The van der Waals surface area contributed by atoms with Crippen molar-refractivity contribution >= 4 is 40.8 Å². The Morgan fingerprint density at radius 1 is 0.828 bits per heavy atom. The molecule has 0 radical (unpaired) electrons. The zero-order valence-corrected chi connectivity index (χ0v) is 16.7. The minimum Gasteiger partial charge on any atom is -0.489 e. The van der Waals surface area contributed by atoms with Crippen LogP contribution in [0.5, 0.6) is 5.75 Å². The third kappa shape index (κ3) is 5.98. The summed E-state index contributed by atoms with van der Waals surface area (Å²) in [7, 11) is 0. The van der Waals surface area contributed by atoms with Crippen LogP contribution in [0.4, 0.5) is 5.69 Å². The first-order valence-corrected chi connectivity index (χ1v) is 9.46. The molecule has 7 heteroatoms. The van der Waals surface area contributed by atoms with Crippen LogP contribution in [0.3, 0.4) is 0 Å². The van der Waals surface area contributed by atoms with Gasteiger partial charge in [-0.25, -0.2) is 4.79 Å². The summed E-state index contributed by atoms with van der Waals surface area (Å²) in [6, 6.07) is 21.3. The summed E-state index contributed by atoms with van der Waals surface area (Å²) in [6.07, 6.45) is 0. The van der Waals surface area contributed by atoms with Crippen molar-refractivity contribution in [1.29, 1.82) is 0 Å². The van der Waals surface area contributed by atoms with E-state index in [2.05, 4.69) is 5.32 Å². The minimum absolute atomic E-state index is 0.0311. The van der Waals surface area contributed by atoms with Crippen LogP contribution in [0.15, 0.2) is 72.8 Å². The molecule has 3 aromatic rings. The molecule has 3 rings (SSSR count). The first kappa shape index (κ1) is 20.7. The van der Waals surface area contributed by atoms with Crippen molar-refractivity contribution in [2.24, 2.45) is 0 Å². The van der Waals surface area contributed by atoms with Crippen molar-refractivity contribution < 1.29 is 19.1 Å². The van der Waals surface area contributed by atoms with Gasteiger partial charge in [0.1, 0.15) is 12.4 Å². The molecular weight excluding hydrogens is 413 g/mol. The summed E-state index contributed by atoms with van der Waals surface area (Å²) in [5.74, 6) is -0.577. The topological polar surface area (TPSA) is 64.6 Å². The Balaban J connectivity index is 1.48. The van der Waals surface area contributed by atoms with Gasteiger partial charge in [0.15, 0.2) is 6.61 Å².